The normalized spacial score (nSPS) is 11.8. The predicted molar refractivity (Wildman–Crippen MR) is 228 cm³/mol. The number of phenols is 3. The average molecular weight is 654 g/mol. The van der Waals surface area contributed by atoms with Gasteiger partial charge in [0.25, 0.3) is 0 Å². The van der Waals surface area contributed by atoms with Gasteiger partial charge in [-0.05, 0) is 78.4 Å². The smallest absolute Gasteiger partial charge is 0.200 e. The first-order valence-electron chi connectivity index (χ1n) is 17.3. The fourth-order valence-corrected chi connectivity index (χ4v) is 8.32. The number of rotatable bonds is 3. The molecule has 3 N–H and O–H groups in total. The van der Waals surface area contributed by atoms with E-state index < -0.39 is 5.75 Å². The Bertz CT molecular complexity index is 2860. The Labute approximate surface area is 299 Å². The van der Waals surface area contributed by atoms with E-state index in [2.05, 4.69) is 104 Å². The molecule has 0 bridgehead atoms. The average Bonchev–Trinajstić information content (AvgIpc) is 3.55. The van der Waals surface area contributed by atoms with Gasteiger partial charge < -0.3 is 19.7 Å². The number of benzene rings is 8. The maximum Gasteiger partial charge on any atom is 0.200 e. The third kappa shape index (κ3) is 4.40. The maximum atomic E-state index is 11.9. The molecule has 0 spiro atoms. The van der Waals surface area contributed by atoms with Crippen molar-refractivity contribution >= 4 is 121 Å². The summed E-state index contributed by atoms with van der Waals surface area (Å²) in [5.41, 5.74) is 12.4. The molecule has 0 saturated carbocycles. The van der Waals surface area contributed by atoms with Crippen molar-refractivity contribution in [1.29, 1.82) is 0 Å². The van der Waals surface area contributed by atoms with E-state index in [1.54, 1.807) is 0 Å². The van der Waals surface area contributed by atoms with E-state index in [4.69, 9.17) is 4.42 Å². The van der Waals surface area contributed by atoms with E-state index in [0.29, 0.717) is 16.2 Å². The zero-order valence-electron chi connectivity index (χ0n) is 29.1. The van der Waals surface area contributed by atoms with Crippen LogP contribution in [0.5, 0.6) is 17.2 Å². The van der Waals surface area contributed by atoms with Crippen LogP contribution in [0, 0.1) is 0 Å². The molecule has 0 amide bonds. The first-order valence-corrected chi connectivity index (χ1v) is 17.3. The second kappa shape index (κ2) is 11.3. The molecule has 0 radical (unpaired) electrons. The molecular formula is C42H31B5O4. The SMILES string of the molecule is Bc1c(B)c(B)c2c(-c3ccc(-c4ccccc4)cc3)c3c(O)c(O)c(O)c(B)c3c(-c3ccc4oc5ccc6ccccc6c5c4c3)c2c1B. The second-order valence-electron chi connectivity index (χ2n) is 13.8. The Kier molecular flexibility index (Phi) is 6.88. The predicted octanol–water partition coefficient (Wildman–Crippen LogP) is 2.46. The van der Waals surface area contributed by atoms with Crippen LogP contribution in [0.2, 0.25) is 0 Å². The van der Waals surface area contributed by atoms with Gasteiger partial charge in [-0.15, -0.1) is 10.9 Å². The highest BCUT2D eigenvalue weighted by molar-refractivity contribution is 6.68. The zero-order valence-corrected chi connectivity index (χ0v) is 29.1. The number of hydrogen-bond acceptors (Lipinski definition) is 4. The summed E-state index contributed by atoms with van der Waals surface area (Å²) in [4.78, 5) is 0. The van der Waals surface area contributed by atoms with E-state index in [1.165, 1.54) is 10.9 Å². The van der Waals surface area contributed by atoms with Gasteiger partial charge in [0.15, 0.2) is 17.2 Å². The van der Waals surface area contributed by atoms with Crippen molar-refractivity contribution in [2.75, 3.05) is 0 Å². The molecule has 0 aliphatic heterocycles. The van der Waals surface area contributed by atoms with Crippen molar-refractivity contribution in [1.82, 2.24) is 0 Å². The summed E-state index contributed by atoms with van der Waals surface area (Å²) < 4.78 is 6.39. The highest BCUT2D eigenvalue weighted by Crippen LogP contribution is 2.50. The summed E-state index contributed by atoms with van der Waals surface area (Å²) in [6, 6.07) is 37.4. The minimum atomic E-state index is -0.520. The van der Waals surface area contributed by atoms with Gasteiger partial charge in [0, 0.05) is 21.7 Å². The Morgan fingerprint density at radius 1 is 0.373 bits per heavy atom. The highest BCUT2D eigenvalue weighted by Gasteiger charge is 2.28. The molecule has 0 aliphatic carbocycles. The minimum Gasteiger partial charge on any atom is -0.505 e. The molecule has 1 heterocycles. The summed E-state index contributed by atoms with van der Waals surface area (Å²) in [5, 5.41) is 42.0. The fraction of sp³-hybridized carbons (Fsp3) is 0. The molecule has 1 aromatic heterocycles. The van der Waals surface area contributed by atoms with Crippen LogP contribution in [0.1, 0.15) is 0 Å². The fourth-order valence-electron chi connectivity index (χ4n) is 8.32. The number of fused-ring (bicyclic) bond motifs is 7. The third-order valence-electron chi connectivity index (χ3n) is 11.3. The molecule has 51 heavy (non-hydrogen) atoms. The van der Waals surface area contributed by atoms with Gasteiger partial charge in [-0.2, -0.15) is 0 Å². The summed E-state index contributed by atoms with van der Waals surface area (Å²) in [6.07, 6.45) is 0. The third-order valence-corrected chi connectivity index (χ3v) is 11.3. The molecule has 9 heteroatoms. The molecule has 0 saturated heterocycles. The molecule has 9 aromatic rings. The highest BCUT2D eigenvalue weighted by atomic mass is 16.3. The Balaban J connectivity index is 1.47. The van der Waals surface area contributed by atoms with Crippen LogP contribution in [-0.4, -0.2) is 54.6 Å². The van der Waals surface area contributed by atoms with Gasteiger partial charge in [0.05, 0.1) is 0 Å². The lowest BCUT2D eigenvalue weighted by Gasteiger charge is -2.26. The Hall–Kier alpha value is -5.94. The molecule has 8 aromatic carbocycles. The van der Waals surface area contributed by atoms with Gasteiger partial charge >= 0.3 is 0 Å². The van der Waals surface area contributed by atoms with Crippen LogP contribution in [-0.2, 0) is 0 Å². The molecule has 238 valence electrons. The molecular weight excluding hydrogens is 623 g/mol. The lowest BCUT2D eigenvalue weighted by atomic mass is 9.62. The molecule has 0 atom stereocenters. The summed E-state index contributed by atoms with van der Waals surface area (Å²) in [6.45, 7) is 0. The minimum absolute atomic E-state index is 0.329. The van der Waals surface area contributed by atoms with Gasteiger partial charge in [-0.25, -0.2) is 0 Å². The molecule has 4 nitrogen and oxygen atoms in total. The largest absolute Gasteiger partial charge is 0.505 e. The van der Waals surface area contributed by atoms with Crippen LogP contribution < -0.4 is 27.3 Å². The lowest BCUT2D eigenvalue weighted by molar-refractivity contribution is 0.373. The number of aromatic hydroxyl groups is 3. The number of furan rings is 1. The quantitative estimate of drug-likeness (QED) is 0.156. The van der Waals surface area contributed by atoms with E-state index in [1.807, 2.05) is 44.2 Å². The van der Waals surface area contributed by atoms with Crippen LogP contribution in [0.4, 0.5) is 0 Å². The van der Waals surface area contributed by atoms with Crippen LogP contribution in [0.15, 0.2) is 114 Å². The summed E-state index contributed by atoms with van der Waals surface area (Å²) >= 11 is 0. The van der Waals surface area contributed by atoms with Gasteiger partial charge in [-0.1, -0.05) is 102 Å². The van der Waals surface area contributed by atoms with Gasteiger partial charge in [0.2, 0.25) is 0 Å². The molecule has 0 fully saturated rings. The van der Waals surface area contributed by atoms with E-state index in [0.717, 1.165) is 87.8 Å². The second-order valence-corrected chi connectivity index (χ2v) is 13.8. The Morgan fingerprint density at radius 2 is 0.922 bits per heavy atom. The van der Waals surface area contributed by atoms with Crippen molar-refractivity contribution < 1.29 is 19.7 Å². The monoisotopic (exact) mass is 654 g/mol. The van der Waals surface area contributed by atoms with E-state index in [-0.39, 0.29) is 11.5 Å². The molecule has 0 unspecified atom stereocenters. The van der Waals surface area contributed by atoms with Crippen LogP contribution in [0.3, 0.4) is 0 Å². The topological polar surface area (TPSA) is 73.8 Å². The molecule has 0 aliphatic rings. The van der Waals surface area contributed by atoms with Crippen LogP contribution >= 0.6 is 0 Å². The van der Waals surface area contributed by atoms with Crippen molar-refractivity contribution in [2.24, 2.45) is 0 Å². The van der Waals surface area contributed by atoms with Gasteiger partial charge in [-0.3, -0.25) is 0 Å². The molecule has 9 rings (SSSR count). The first kappa shape index (κ1) is 31.1. The summed E-state index contributed by atoms with van der Waals surface area (Å²) in [5.74, 6) is -1.19. The summed E-state index contributed by atoms with van der Waals surface area (Å²) in [7, 11) is 10.4. The van der Waals surface area contributed by atoms with E-state index in [9.17, 15) is 15.3 Å². The number of phenolic OH excluding ortho intramolecular Hbond substituents is 3. The van der Waals surface area contributed by atoms with Crippen molar-refractivity contribution in [3.63, 3.8) is 0 Å². The number of hydrogen-bond donors (Lipinski definition) is 3. The lowest BCUT2D eigenvalue weighted by Crippen LogP contribution is -2.48. The van der Waals surface area contributed by atoms with Crippen molar-refractivity contribution in [2.45, 2.75) is 0 Å². The van der Waals surface area contributed by atoms with Crippen molar-refractivity contribution in [3.05, 3.63) is 109 Å². The van der Waals surface area contributed by atoms with E-state index >= 15 is 0 Å². The van der Waals surface area contributed by atoms with Crippen LogP contribution in [0.25, 0.3) is 87.6 Å². The zero-order chi connectivity index (χ0) is 35.3. The van der Waals surface area contributed by atoms with Gasteiger partial charge in [0.1, 0.15) is 50.4 Å². The maximum absolute atomic E-state index is 11.9. The standard InChI is InChI=1S/C42H31B5O4/c43-35-31-28(22-12-10-20(11-13-22)19-6-2-1-3-7-19)34-33(37(45)41(49)42(50)40(34)48)29(32(31)36(44)39(47)38(35)46)23-15-16-26-25(18-23)30-24-9-5-4-8-21(24)14-17-27(30)51-26/h1-18,48-50H,43-47H2. The van der Waals surface area contributed by atoms with Crippen molar-refractivity contribution in [3.8, 4) is 50.6 Å². The first-order chi connectivity index (χ1) is 24.7. The Morgan fingerprint density at radius 3 is 1.63 bits per heavy atom.